The first-order valence-electron chi connectivity index (χ1n) is 10.9. The van der Waals surface area contributed by atoms with Crippen LogP contribution in [0, 0.1) is 23.4 Å². The standard InChI is InChI=1S/C21H32F3N3O3S2/c1-21(2,3)31(28)26-20(11-13-10-18(23)19(24)12-17(13)22)14-8-15-4-5-16(9-14)27(15)32(29,30)7-6-25/h10,12,14-16,20,26H,4-9,11,25H2,1-3H3/t14?,15-,16+,20-,31-/m0/s1. The number of piperidine rings is 1. The van der Waals surface area contributed by atoms with Crippen molar-refractivity contribution < 1.29 is 25.8 Å². The summed E-state index contributed by atoms with van der Waals surface area (Å²) in [5.41, 5.74) is 5.48. The number of benzene rings is 1. The summed E-state index contributed by atoms with van der Waals surface area (Å²) in [4.78, 5) is 0. The Kier molecular flexibility index (Phi) is 7.76. The van der Waals surface area contributed by atoms with Gasteiger partial charge in [-0.05, 0) is 70.4 Å². The zero-order valence-corrected chi connectivity index (χ0v) is 20.2. The second-order valence-corrected chi connectivity index (χ2v) is 13.7. The van der Waals surface area contributed by atoms with Crippen LogP contribution in [-0.4, -0.2) is 52.1 Å². The van der Waals surface area contributed by atoms with E-state index in [1.807, 2.05) is 0 Å². The lowest BCUT2D eigenvalue weighted by molar-refractivity contribution is 0.166. The van der Waals surface area contributed by atoms with E-state index < -0.39 is 49.2 Å². The number of nitrogens with two attached hydrogens (primary N) is 1. The molecule has 0 aromatic heterocycles. The SMILES string of the molecule is CC(C)(C)[S@](=O)N[C@@H](Cc1cc(F)c(F)cc1F)C1C[C@H]2CC[C@@H](C1)N2S(=O)(=O)CCN. The lowest BCUT2D eigenvalue weighted by atomic mass is 9.83. The Morgan fingerprint density at radius 3 is 2.22 bits per heavy atom. The molecule has 1 aromatic rings. The Bertz CT molecular complexity index is 955. The maximum Gasteiger partial charge on any atom is 0.215 e. The van der Waals surface area contributed by atoms with E-state index in [4.69, 9.17) is 5.73 Å². The van der Waals surface area contributed by atoms with E-state index in [0.717, 1.165) is 18.9 Å². The third-order valence-electron chi connectivity index (χ3n) is 6.31. The minimum Gasteiger partial charge on any atom is -0.329 e. The summed E-state index contributed by atoms with van der Waals surface area (Å²) in [5, 5.41) is 0. The van der Waals surface area contributed by atoms with E-state index in [1.165, 1.54) is 0 Å². The number of nitrogens with zero attached hydrogens (tertiary/aromatic N) is 1. The van der Waals surface area contributed by atoms with Crippen molar-refractivity contribution in [2.24, 2.45) is 11.7 Å². The van der Waals surface area contributed by atoms with Crippen molar-refractivity contribution in [2.75, 3.05) is 12.3 Å². The van der Waals surface area contributed by atoms with Gasteiger partial charge in [-0.25, -0.2) is 30.5 Å². The Labute approximate surface area is 190 Å². The Balaban J connectivity index is 1.87. The van der Waals surface area contributed by atoms with Crippen LogP contribution in [-0.2, 0) is 27.4 Å². The van der Waals surface area contributed by atoms with Gasteiger partial charge < -0.3 is 5.73 Å². The van der Waals surface area contributed by atoms with Crippen molar-refractivity contribution in [2.45, 2.75) is 75.7 Å². The summed E-state index contributed by atoms with van der Waals surface area (Å²) < 4.78 is 83.9. The van der Waals surface area contributed by atoms with E-state index in [-0.39, 0.29) is 42.3 Å². The summed E-state index contributed by atoms with van der Waals surface area (Å²) in [6.45, 7) is 5.46. The molecule has 1 aromatic carbocycles. The molecule has 3 N–H and O–H groups in total. The topological polar surface area (TPSA) is 92.5 Å². The van der Waals surface area contributed by atoms with Crippen LogP contribution in [0.4, 0.5) is 13.2 Å². The minimum atomic E-state index is -3.46. The number of rotatable bonds is 8. The van der Waals surface area contributed by atoms with Crippen LogP contribution in [0.5, 0.6) is 0 Å². The minimum absolute atomic E-state index is 0.00200. The normalized spacial score (nSPS) is 26.3. The number of sulfonamides is 1. The van der Waals surface area contributed by atoms with Crippen molar-refractivity contribution >= 4 is 21.0 Å². The van der Waals surface area contributed by atoms with Crippen LogP contribution in [0.1, 0.15) is 52.0 Å². The van der Waals surface area contributed by atoms with Gasteiger partial charge in [-0.1, -0.05) is 0 Å². The lowest BCUT2D eigenvalue weighted by Crippen LogP contribution is -2.53. The quantitative estimate of drug-likeness (QED) is 0.543. The second-order valence-electron chi connectivity index (χ2n) is 9.72. The van der Waals surface area contributed by atoms with Crippen molar-refractivity contribution in [1.29, 1.82) is 0 Å². The highest BCUT2D eigenvalue weighted by atomic mass is 32.2. The van der Waals surface area contributed by atoms with Crippen LogP contribution in [0.2, 0.25) is 0 Å². The molecule has 32 heavy (non-hydrogen) atoms. The molecule has 3 rings (SSSR count). The molecule has 2 aliphatic rings. The van der Waals surface area contributed by atoms with Gasteiger partial charge in [0, 0.05) is 30.7 Å². The van der Waals surface area contributed by atoms with Crippen LogP contribution >= 0.6 is 0 Å². The fourth-order valence-electron chi connectivity index (χ4n) is 4.79. The molecule has 2 fully saturated rings. The van der Waals surface area contributed by atoms with Crippen LogP contribution in [0.25, 0.3) is 0 Å². The molecular weight excluding hydrogens is 463 g/mol. The summed E-state index contributed by atoms with van der Waals surface area (Å²) in [5.74, 6) is -3.47. The van der Waals surface area contributed by atoms with E-state index in [2.05, 4.69) is 4.72 Å². The molecule has 0 aliphatic carbocycles. The fraction of sp³-hybridized carbons (Fsp3) is 0.714. The van der Waals surface area contributed by atoms with E-state index in [0.29, 0.717) is 18.9 Å². The van der Waals surface area contributed by atoms with Crippen molar-refractivity contribution in [3.8, 4) is 0 Å². The molecule has 2 aliphatic heterocycles. The predicted octanol–water partition coefficient (Wildman–Crippen LogP) is 2.60. The molecule has 182 valence electrons. The van der Waals surface area contributed by atoms with Crippen LogP contribution in [0.3, 0.4) is 0 Å². The molecule has 0 radical (unpaired) electrons. The molecule has 0 saturated carbocycles. The molecule has 11 heteroatoms. The van der Waals surface area contributed by atoms with Gasteiger partial charge in [0.05, 0.1) is 21.5 Å². The highest BCUT2D eigenvalue weighted by Gasteiger charge is 2.48. The molecule has 0 amide bonds. The van der Waals surface area contributed by atoms with E-state index in [9.17, 15) is 25.8 Å². The average Bonchev–Trinajstić information content (AvgIpc) is 2.96. The third-order valence-corrected chi connectivity index (χ3v) is 9.93. The first-order chi connectivity index (χ1) is 14.8. The molecule has 0 spiro atoms. The molecule has 2 saturated heterocycles. The summed E-state index contributed by atoms with van der Waals surface area (Å²) in [6.07, 6.45) is 2.50. The third kappa shape index (κ3) is 5.55. The van der Waals surface area contributed by atoms with Crippen molar-refractivity contribution in [1.82, 2.24) is 9.03 Å². The molecule has 1 unspecified atom stereocenters. The van der Waals surface area contributed by atoms with Crippen molar-refractivity contribution in [3.63, 3.8) is 0 Å². The summed E-state index contributed by atoms with van der Waals surface area (Å²) in [7, 11) is -4.94. The van der Waals surface area contributed by atoms with Gasteiger partial charge >= 0.3 is 0 Å². The highest BCUT2D eigenvalue weighted by molar-refractivity contribution is 7.89. The first-order valence-corrected chi connectivity index (χ1v) is 13.6. The Morgan fingerprint density at radius 1 is 1.12 bits per heavy atom. The Morgan fingerprint density at radius 2 is 1.69 bits per heavy atom. The molecular formula is C21H32F3N3O3S2. The van der Waals surface area contributed by atoms with Gasteiger partial charge in [-0.2, -0.15) is 4.31 Å². The second kappa shape index (κ2) is 9.69. The first kappa shape index (κ1) is 25.6. The number of fused-ring (bicyclic) bond motifs is 2. The van der Waals surface area contributed by atoms with Crippen LogP contribution < -0.4 is 10.5 Å². The van der Waals surface area contributed by atoms with Gasteiger partial charge in [0.15, 0.2) is 11.6 Å². The number of hydrogen-bond donors (Lipinski definition) is 2. The van der Waals surface area contributed by atoms with Crippen molar-refractivity contribution in [3.05, 3.63) is 35.1 Å². The molecule has 2 heterocycles. The number of nitrogens with one attached hydrogen (secondary N) is 1. The van der Waals surface area contributed by atoms with Gasteiger partial charge in [-0.3, -0.25) is 0 Å². The monoisotopic (exact) mass is 495 g/mol. The zero-order chi connectivity index (χ0) is 23.8. The van der Waals surface area contributed by atoms with E-state index in [1.54, 1.807) is 25.1 Å². The maximum absolute atomic E-state index is 14.4. The molecule has 5 atom stereocenters. The smallest absolute Gasteiger partial charge is 0.215 e. The van der Waals surface area contributed by atoms with Gasteiger partial charge in [0.25, 0.3) is 0 Å². The predicted molar refractivity (Wildman–Crippen MR) is 119 cm³/mol. The van der Waals surface area contributed by atoms with Crippen LogP contribution in [0.15, 0.2) is 12.1 Å². The van der Waals surface area contributed by atoms with Gasteiger partial charge in [-0.15, -0.1) is 0 Å². The average molecular weight is 496 g/mol. The Hall–Kier alpha value is -1.01. The number of halogens is 3. The molecule has 2 bridgehead atoms. The maximum atomic E-state index is 14.4. The molecule has 6 nitrogen and oxygen atoms in total. The van der Waals surface area contributed by atoms with Gasteiger partial charge in [0.1, 0.15) is 5.82 Å². The summed E-state index contributed by atoms with van der Waals surface area (Å²) in [6, 6.07) is 0.481. The van der Waals surface area contributed by atoms with Gasteiger partial charge in [0.2, 0.25) is 10.0 Å². The summed E-state index contributed by atoms with van der Waals surface area (Å²) >= 11 is 0. The van der Waals surface area contributed by atoms with E-state index >= 15 is 0 Å². The number of hydrogen-bond acceptors (Lipinski definition) is 4. The highest BCUT2D eigenvalue weighted by Crippen LogP contribution is 2.42. The largest absolute Gasteiger partial charge is 0.329 e. The zero-order valence-electron chi connectivity index (χ0n) is 18.6. The fourth-order valence-corrected chi connectivity index (χ4v) is 7.49. The lowest BCUT2D eigenvalue weighted by Gasteiger charge is -2.41.